The molecule has 24 heavy (non-hydrogen) atoms. The minimum atomic E-state index is -0.217. The quantitative estimate of drug-likeness (QED) is 0.866. The van der Waals surface area contributed by atoms with E-state index in [-0.39, 0.29) is 23.2 Å². The van der Waals surface area contributed by atoms with Crippen LogP contribution in [0.5, 0.6) is 0 Å². The van der Waals surface area contributed by atoms with Crippen molar-refractivity contribution in [1.29, 1.82) is 0 Å². The number of hydrogen-bond acceptors (Lipinski definition) is 3. The first-order valence-electron chi connectivity index (χ1n) is 8.17. The Morgan fingerprint density at radius 2 is 2.12 bits per heavy atom. The summed E-state index contributed by atoms with van der Waals surface area (Å²) in [6.07, 6.45) is 5.23. The van der Waals surface area contributed by atoms with Gasteiger partial charge in [0, 0.05) is 31.7 Å². The van der Waals surface area contributed by atoms with Crippen molar-refractivity contribution in [3.8, 4) is 0 Å². The maximum Gasteiger partial charge on any atom is 0.257 e. The Kier molecular flexibility index (Phi) is 3.64. The molecule has 2 aromatic rings. The van der Waals surface area contributed by atoms with Crippen LogP contribution in [-0.2, 0) is 18.2 Å². The van der Waals surface area contributed by atoms with E-state index < -0.39 is 0 Å². The van der Waals surface area contributed by atoms with Gasteiger partial charge in [0.05, 0.1) is 24.5 Å². The first-order valence-corrected chi connectivity index (χ1v) is 8.17. The summed E-state index contributed by atoms with van der Waals surface area (Å²) in [4.78, 5) is 14.2. The molecule has 4 rings (SSSR count). The van der Waals surface area contributed by atoms with Gasteiger partial charge in [-0.05, 0) is 30.5 Å². The highest BCUT2D eigenvalue weighted by molar-refractivity contribution is 5.94. The van der Waals surface area contributed by atoms with Crippen LogP contribution < -0.4 is 0 Å². The van der Waals surface area contributed by atoms with Gasteiger partial charge < -0.3 is 9.64 Å². The van der Waals surface area contributed by atoms with Gasteiger partial charge in [0.15, 0.2) is 0 Å². The number of halogens is 1. The second kappa shape index (κ2) is 5.70. The Hall–Kier alpha value is -2.21. The van der Waals surface area contributed by atoms with Crippen LogP contribution in [0.25, 0.3) is 0 Å². The summed E-state index contributed by atoms with van der Waals surface area (Å²) in [5.41, 5.74) is 1.80. The molecule has 0 radical (unpaired) electrons. The standard InChI is InChI=1S/C18H20FN3O2/c1-21-9-14(8-20-21)17(23)22-10-18(11-22)7-16(24-12-18)6-13-2-4-15(19)5-3-13/h2-5,8-9,16H,6-7,10-12H2,1H3/t16-/m1/s1. The third-order valence-electron chi connectivity index (χ3n) is 4.95. The summed E-state index contributed by atoms with van der Waals surface area (Å²) in [6.45, 7) is 2.16. The molecule has 0 bridgehead atoms. The monoisotopic (exact) mass is 329 g/mol. The van der Waals surface area contributed by atoms with Crippen LogP contribution in [0.2, 0.25) is 0 Å². The van der Waals surface area contributed by atoms with E-state index in [2.05, 4.69) is 5.10 Å². The van der Waals surface area contributed by atoms with Crippen LogP contribution in [0.1, 0.15) is 22.3 Å². The largest absolute Gasteiger partial charge is 0.377 e. The van der Waals surface area contributed by atoms with Crippen LogP contribution >= 0.6 is 0 Å². The van der Waals surface area contributed by atoms with E-state index in [4.69, 9.17) is 4.74 Å². The SMILES string of the molecule is Cn1cc(C(=O)N2CC3(CO[C@H](Cc4ccc(F)cc4)C3)C2)cn1. The molecule has 6 heteroatoms. The molecule has 0 saturated carbocycles. The molecule has 0 aliphatic carbocycles. The van der Waals surface area contributed by atoms with Crippen molar-refractivity contribution in [2.75, 3.05) is 19.7 Å². The Balaban J connectivity index is 1.33. The smallest absolute Gasteiger partial charge is 0.257 e. The van der Waals surface area contributed by atoms with E-state index in [0.29, 0.717) is 12.2 Å². The second-order valence-electron chi connectivity index (χ2n) is 7.03. The first-order chi connectivity index (χ1) is 11.5. The predicted molar refractivity (Wildman–Crippen MR) is 86.0 cm³/mol. The van der Waals surface area contributed by atoms with Gasteiger partial charge in [0.1, 0.15) is 5.82 Å². The van der Waals surface area contributed by atoms with E-state index in [1.807, 2.05) is 17.0 Å². The molecular formula is C18H20FN3O2. The van der Waals surface area contributed by atoms with Crippen molar-refractivity contribution in [1.82, 2.24) is 14.7 Å². The normalized spacial score (nSPS) is 21.9. The van der Waals surface area contributed by atoms with E-state index in [1.54, 1.807) is 24.1 Å². The Bertz CT molecular complexity index is 750. The number of benzene rings is 1. The van der Waals surface area contributed by atoms with Crippen molar-refractivity contribution < 1.29 is 13.9 Å². The topological polar surface area (TPSA) is 47.4 Å². The molecule has 2 aliphatic rings. The summed E-state index contributed by atoms with van der Waals surface area (Å²) in [5, 5.41) is 4.05. The molecule has 2 fully saturated rings. The molecule has 0 unspecified atom stereocenters. The molecule has 2 aliphatic heterocycles. The van der Waals surface area contributed by atoms with Crippen molar-refractivity contribution in [2.45, 2.75) is 18.9 Å². The fourth-order valence-corrected chi connectivity index (χ4v) is 3.75. The Morgan fingerprint density at radius 1 is 1.38 bits per heavy atom. The average molecular weight is 329 g/mol. The highest BCUT2D eigenvalue weighted by Gasteiger charge is 2.50. The van der Waals surface area contributed by atoms with Gasteiger partial charge in [-0.2, -0.15) is 5.10 Å². The molecule has 1 aromatic carbocycles. The highest BCUT2D eigenvalue weighted by atomic mass is 19.1. The van der Waals surface area contributed by atoms with Gasteiger partial charge in [0.25, 0.3) is 5.91 Å². The maximum atomic E-state index is 13.0. The summed E-state index contributed by atoms with van der Waals surface area (Å²) in [5.74, 6) is -0.179. The third-order valence-corrected chi connectivity index (χ3v) is 4.95. The fraction of sp³-hybridized carbons (Fsp3) is 0.444. The Morgan fingerprint density at radius 3 is 2.79 bits per heavy atom. The molecule has 0 N–H and O–H groups in total. The number of aryl methyl sites for hydroxylation is 1. The third kappa shape index (κ3) is 2.82. The van der Waals surface area contributed by atoms with Crippen molar-refractivity contribution in [3.63, 3.8) is 0 Å². The molecule has 2 saturated heterocycles. The molecular weight excluding hydrogens is 309 g/mol. The minimum absolute atomic E-state index is 0.0377. The number of amides is 1. The van der Waals surface area contributed by atoms with Gasteiger partial charge in [-0.1, -0.05) is 12.1 Å². The number of nitrogens with zero attached hydrogens (tertiary/aromatic N) is 3. The van der Waals surface area contributed by atoms with Gasteiger partial charge in [-0.25, -0.2) is 4.39 Å². The van der Waals surface area contributed by atoms with E-state index in [9.17, 15) is 9.18 Å². The van der Waals surface area contributed by atoms with Crippen molar-refractivity contribution in [3.05, 3.63) is 53.6 Å². The number of ether oxygens (including phenoxy) is 1. The van der Waals surface area contributed by atoms with Crippen molar-refractivity contribution >= 4 is 5.91 Å². The lowest BCUT2D eigenvalue weighted by Gasteiger charge is -2.47. The minimum Gasteiger partial charge on any atom is -0.377 e. The Labute approximate surface area is 140 Å². The molecule has 3 heterocycles. The van der Waals surface area contributed by atoms with E-state index in [0.717, 1.165) is 31.5 Å². The van der Waals surface area contributed by atoms with Crippen LogP contribution in [0, 0.1) is 11.2 Å². The molecule has 1 spiro atoms. The number of likely N-dealkylation sites (tertiary alicyclic amines) is 1. The zero-order valence-corrected chi connectivity index (χ0v) is 13.6. The predicted octanol–water partition coefficient (Wildman–Crippen LogP) is 2.03. The lowest BCUT2D eigenvalue weighted by molar-refractivity contribution is -0.00134. The molecule has 1 atom stereocenters. The molecule has 1 amide bonds. The number of carbonyl (C=O) groups is 1. The van der Waals surface area contributed by atoms with Gasteiger partial charge in [-0.3, -0.25) is 9.48 Å². The van der Waals surface area contributed by atoms with Crippen LogP contribution in [0.4, 0.5) is 4.39 Å². The summed E-state index contributed by atoms with van der Waals surface area (Å²) in [7, 11) is 1.80. The lowest BCUT2D eigenvalue weighted by Crippen LogP contribution is -2.58. The van der Waals surface area contributed by atoms with Crippen LogP contribution in [-0.4, -0.2) is 46.4 Å². The summed E-state index contributed by atoms with van der Waals surface area (Å²) in [6, 6.07) is 6.58. The summed E-state index contributed by atoms with van der Waals surface area (Å²) < 4.78 is 20.5. The van der Waals surface area contributed by atoms with E-state index >= 15 is 0 Å². The maximum absolute atomic E-state index is 13.0. The number of aromatic nitrogens is 2. The number of carbonyl (C=O) groups excluding carboxylic acids is 1. The fourth-order valence-electron chi connectivity index (χ4n) is 3.75. The lowest BCUT2D eigenvalue weighted by atomic mass is 9.77. The average Bonchev–Trinajstić information content (AvgIpc) is 3.14. The van der Waals surface area contributed by atoms with Gasteiger partial charge in [-0.15, -0.1) is 0 Å². The number of rotatable bonds is 3. The van der Waals surface area contributed by atoms with Gasteiger partial charge in [0.2, 0.25) is 0 Å². The molecule has 126 valence electrons. The number of hydrogen-bond donors (Lipinski definition) is 0. The second-order valence-corrected chi connectivity index (χ2v) is 7.03. The first kappa shape index (κ1) is 15.3. The van der Waals surface area contributed by atoms with Gasteiger partial charge >= 0.3 is 0 Å². The van der Waals surface area contributed by atoms with Crippen molar-refractivity contribution in [2.24, 2.45) is 12.5 Å². The van der Waals surface area contributed by atoms with Crippen LogP contribution in [0.15, 0.2) is 36.7 Å². The zero-order chi connectivity index (χ0) is 16.7. The summed E-state index contributed by atoms with van der Waals surface area (Å²) >= 11 is 0. The molecule has 5 nitrogen and oxygen atoms in total. The van der Waals surface area contributed by atoms with Crippen LogP contribution in [0.3, 0.4) is 0 Å². The molecule has 1 aromatic heterocycles. The zero-order valence-electron chi connectivity index (χ0n) is 13.6. The van der Waals surface area contributed by atoms with E-state index in [1.165, 1.54) is 12.1 Å². The highest BCUT2D eigenvalue weighted by Crippen LogP contribution is 2.42.